The van der Waals surface area contributed by atoms with Gasteiger partial charge in [0.25, 0.3) is 0 Å². The number of pyridine rings is 1. The van der Waals surface area contributed by atoms with E-state index in [9.17, 15) is 4.79 Å². The number of aromatic nitrogens is 1. The Hall–Kier alpha value is -2.62. The van der Waals surface area contributed by atoms with Crippen molar-refractivity contribution in [3.05, 3.63) is 66.0 Å². The number of hydrogen-bond acceptors (Lipinski definition) is 3. The lowest BCUT2D eigenvalue weighted by molar-refractivity contribution is -0.131. The molecule has 0 aliphatic carbocycles. The van der Waals surface area contributed by atoms with Gasteiger partial charge in [0.15, 0.2) is 0 Å². The third-order valence-corrected chi connectivity index (χ3v) is 2.47. The topological polar surface area (TPSA) is 59.4 Å². The van der Waals surface area contributed by atoms with Gasteiger partial charge in [-0.05, 0) is 29.8 Å². The van der Waals surface area contributed by atoms with E-state index >= 15 is 0 Å². The SMILES string of the molecule is O=C(O)/C=C/c1ccccc1OCc1ccncc1. The first-order chi connectivity index (χ1) is 9.25. The van der Waals surface area contributed by atoms with Gasteiger partial charge in [-0.15, -0.1) is 0 Å². The van der Waals surface area contributed by atoms with Gasteiger partial charge in [-0.3, -0.25) is 4.98 Å². The molecule has 0 atom stereocenters. The van der Waals surface area contributed by atoms with Crippen LogP contribution < -0.4 is 4.74 Å². The number of para-hydroxylation sites is 1. The molecular weight excluding hydrogens is 242 g/mol. The maximum atomic E-state index is 10.5. The zero-order valence-corrected chi connectivity index (χ0v) is 10.2. The molecule has 0 aliphatic heterocycles. The van der Waals surface area contributed by atoms with E-state index < -0.39 is 5.97 Å². The van der Waals surface area contributed by atoms with Crippen LogP contribution in [0.15, 0.2) is 54.9 Å². The van der Waals surface area contributed by atoms with E-state index in [-0.39, 0.29) is 0 Å². The summed E-state index contributed by atoms with van der Waals surface area (Å²) >= 11 is 0. The van der Waals surface area contributed by atoms with Crippen molar-refractivity contribution in [1.82, 2.24) is 4.98 Å². The third-order valence-electron chi connectivity index (χ3n) is 2.47. The fourth-order valence-electron chi connectivity index (χ4n) is 1.55. The maximum absolute atomic E-state index is 10.5. The predicted molar refractivity (Wildman–Crippen MR) is 71.7 cm³/mol. The van der Waals surface area contributed by atoms with Crippen LogP contribution in [0.1, 0.15) is 11.1 Å². The Balaban J connectivity index is 2.10. The predicted octanol–water partition coefficient (Wildman–Crippen LogP) is 2.76. The van der Waals surface area contributed by atoms with Gasteiger partial charge in [-0.1, -0.05) is 18.2 Å². The van der Waals surface area contributed by atoms with Crippen molar-refractivity contribution in [2.75, 3.05) is 0 Å². The molecule has 0 fully saturated rings. The van der Waals surface area contributed by atoms with Crippen molar-refractivity contribution in [3.8, 4) is 5.75 Å². The van der Waals surface area contributed by atoms with Crippen molar-refractivity contribution in [3.63, 3.8) is 0 Å². The van der Waals surface area contributed by atoms with Gasteiger partial charge < -0.3 is 9.84 Å². The average molecular weight is 255 g/mol. The van der Waals surface area contributed by atoms with Gasteiger partial charge in [0.1, 0.15) is 12.4 Å². The number of aliphatic carboxylic acids is 1. The van der Waals surface area contributed by atoms with Crippen LogP contribution in [0.25, 0.3) is 6.08 Å². The number of carbonyl (C=O) groups is 1. The molecule has 0 amide bonds. The number of hydrogen-bond donors (Lipinski definition) is 1. The Kier molecular flexibility index (Phi) is 4.29. The van der Waals surface area contributed by atoms with Crippen molar-refractivity contribution >= 4 is 12.0 Å². The van der Waals surface area contributed by atoms with Crippen molar-refractivity contribution in [2.45, 2.75) is 6.61 Å². The summed E-state index contributed by atoms with van der Waals surface area (Å²) in [5, 5.41) is 8.64. The van der Waals surface area contributed by atoms with E-state index in [1.54, 1.807) is 18.5 Å². The van der Waals surface area contributed by atoms with E-state index in [1.165, 1.54) is 6.08 Å². The van der Waals surface area contributed by atoms with Crippen LogP contribution in [0.5, 0.6) is 5.75 Å². The van der Waals surface area contributed by atoms with Gasteiger partial charge in [0, 0.05) is 24.0 Å². The second-order valence-electron chi connectivity index (χ2n) is 3.85. The molecule has 0 radical (unpaired) electrons. The first-order valence-corrected chi connectivity index (χ1v) is 5.77. The zero-order chi connectivity index (χ0) is 13.5. The molecule has 4 heteroatoms. The molecule has 0 aliphatic rings. The zero-order valence-electron chi connectivity index (χ0n) is 10.2. The molecule has 1 aromatic heterocycles. The summed E-state index contributed by atoms with van der Waals surface area (Å²) in [7, 11) is 0. The molecule has 19 heavy (non-hydrogen) atoms. The average Bonchev–Trinajstić information content (AvgIpc) is 2.45. The minimum absolute atomic E-state index is 0.417. The van der Waals surface area contributed by atoms with Crippen molar-refractivity contribution in [2.24, 2.45) is 0 Å². The molecule has 1 aromatic carbocycles. The quantitative estimate of drug-likeness (QED) is 0.834. The van der Waals surface area contributed by atoms with Crippen LogP contribution in [0, 0.1) is 0 Å². The molecule has 0 unspecified atom stereocenters. The van der Waals surface area contributed by atoms with Crippen LogP contribution in [-0.4, -0.2) is 16.1 Å². The Labute approximate surface area is 111 Å². The molecular formula is C15H13NO3. The standard InChI is InChI=1S/C15H13NO3/c17-15(18)6-5-13-3-1-2-4-14(13)19-11-12-7-9-16-10-8-12/h1-10H,11H2,(H,17,18)/b6-5+. The summed E-state index contributed by atoms with van der Waals surface area (Å²) in [6.07, 6.45) is 6.02. The van der Waals surface area contributed by atoms with E-state index in [1.807, 2.05) is 30.3 Å². The molecule has 2 rings (SSSR count). The lowest BCUT2D eigenvalue weighted by Crippen LogP contribution is -1.97. The molecule has 0 bridgehead atoms. The fraction of sp³-hybridized carbons (Fsp3) is 0.0667. The van der Waals surface area contributed by atoms with E-state index in [2.05, 4.69) is 4.98 Å². The van der Waals surface area contributed by atoms with Crippen LogP contribution in [0.2, 0.25) is 0 Å². The van der Waals surface area contributed by atoms with Crippen LogP contribution in [0.4, 0.5) is 0 Å². The smallest absolute Gasteiger partial charge is 0.328 e. The van der Waals surface area contributed by atoms with Crippen molar-refractivity contribution in [1.29, 1.82) is 0 Å². The van der Waals surface area contributed by atoms with Crippen LogP contribution in [-0.2, 0) is 11.4 Å². The monoisotopic (exact) mass is 255 g/mol. The fourth-order valence-corrected chi connectivity index (χ4v) is 1.55. The highest BCUT2D eigenvalue weighted by Crippen LogP contribution is 2.20. The van der Waals surface area contributed by atoms with Gasteiger partial charge in [-0.2, -0.15) is 0 Å². The molecule has 96 valence electrons. The van der Waals surface area contributed by atoms with Crippen LogP contribution >= 0.6 is 0 Å². The molecule has 2 aromatic rings. The van der Waals surface area contributed by atoms with Gasteiger partial charge in [0.05, 0.1) is 0 Å². The summed E-state index contributed by atoms with van der Waals surface area (Å²) in [5.41, 5.74) is 1.74. The normalized spacial score (nSPS) is 10.5. The third kappa shape index (κ3) is 3.96. The number of nitrogens with zero attached hydrogens (tertiary/aromatic N) is 1. The highest BCUT2D eigenvalue weighted by molar-refractivity contribution is 5.85. The molecule has 0 saturated heterocycles. The summed E-state index contributed by atoms with van der Waals surface area (Å²) in [6.45, 7) is 0.417. The van der Waals surface area contributed by atoms with Gasteiger partial charge in [-0.25, -0.2) is 4.79 Å². The number of carboxylic acid groups (broad SMARTS) is 1. The summed E-state index contributed by atoms with van der Waals surface area (Å²) < 4.78 is 5.68. The Bertz CT molecular complexity index is 579. The first-order valence-electron chi connectivity index (χ1n) is 5.77. The highest BCUT2D eigenvalue weighted by Gasteiger charge is 2.01. The summed E-state index contributed by atoms with van der Waals surface area (Å²) in [4.78, 5) is 14.5. The van der Waals surface area contributed by atoms with Crippen LogP contribution in [0.3, 0.4) is 0 Å². The number of rotatable bonds is 5. The van der Waals surface area contributed by atoms with E-state index in [0.717, 1.165) is 17.2 Å². The largest absolute Gasteiger partial charge is 0.488 e. The maximum Gasteiger partial charge on any atom is 0.328 e. The van der Waals surface area contributed by atoms with Gasteiger partial charge in [0.2, 0.25) is 0 Å². The minimum Gasteiger partial charge on any atom is -0.488 e. The Morgan fingerprint density at radius 3 is 2.68 bits per heavy atom. The lowest BCUT2D eigenvalue weighted by Gasteiger charge is -2.08. The number of benzene rings is 1. The second-order valence-corrected chi connectivity index (χ2v) is 3.85. The number of carboxylic acids is 1. The highest BCUT2D eigenvalue weighted by atomic mass is 16.5. The van der Waals surface area contributed by atoms with E-state index in [0.29, 0.717) is 12.4 Å². The molecule has 0 spiro atoms. The first kappa shape index (κ1) is 12.8. The number of ether oxygens (including phenoxy) is 1. The molecule has 1 N–H and O–H groups in total. The molecule has 4 nitrogen and oxygen atoms in total. The minimum atomic E-state index is -0.982. The second kappa shape index (κ2) is 6.35. The summed E-state index contributed by atoms with van der Waals surface area (Å²) in [6, 6.07) is 11.0. The summed E-state index contributed by atoms with van der Waals surface area (Å²) in [5.74, 6) is -0.333. The molecule has 0 saturated carbocycles. The molecule has 1 heterocycles. The van der Waals surface area contributed by atoms with Crippen molar-refractivity contribution < 1.29 is 14.6 Å². The Morgan fingerprint density at radius 1 is 1.21 bits per heavy atom. The Morgan fingerprint density at radius 2 is 1.95 bits per heavy atom. The lowest BCUT2D eigenvalue weighted by atomic mass is 10.2. The van der Waals surface area contributed by atoms with Gasteiger partial charge >= 0.3 is 5.97 Å². The van der Waals surface area contributed by atoms with E-state index in [4.69, 9.17) is 9.84 Å².